The second-order valence-corrected chi connectivity index (χ2v) is 4.94. The molecule has 3 nitrogen and oxygen atoms in total. The molecule has 0 aromatic heterocycles. The van der Waals surface area contributed by atoms with Gasteiger partial charge in [-0.2, -0.15) is 0 Å². The van der Waals surface area contributed by atoms with Crippen LogP contribution in [0.15, 0.2) is 29.2 Å². The van der Waals surface area contributed by atoms with E-state index in [0.29, 0.717) is 12.5 Å². The van der Waals surface area contributed by atoms with Gasteiger partial charge < -0.3 is 4.74 Å². The van der Waals surface area contributed by atoms with Crippen molar-refractivity contribution in [1.29, 1.82) is 0 Å². The number of benzene rings is 1. The maximum absolute atomic E-state index is 11.2. The van der Waals surface area contributed by atoms with E-state index in [0.717, 1.165) is 11.3 Å². The molecule has 0 saturated carbocycles. The van der Waals surface area contributed by atoms with Crippen LogP contribution in [0.1, 0.15) is 38.7 Å². The van der Waals surface area contributed by atoms with Crippen molar-refractivity contribution in [2.24, 2.45) is 0 Å². The maximum Gasteiger partial charge on any atom is 0.417 e. The molecule has 0 unspecified atom stereocenters. The molecule has 0 aliphatic carbocycles. The Kier molecular flexibility index (Phi) is 5.91. The zero-order valence-electron chi connectivity index (χ0n) is 10.5. The van der Waals surface area contributed by atoms with E-state index in [-0.39, 0.29) is 6.09 Å². The Balaban J connectivity index is 2.39. The summed E-state index contributed by atoms with van der Waals surface area (Å²) < 4.78 is 7.54. The van der Waals surface area contributed by atoms with Gasteiger partial charge in [-0.15, -0.1) is 0 Å². The van der Waals surface area contributed by atoms with Gasteiger partial charge in [-0.3, -0.25) is 4.72 Å². The third-order valence-corrected chi connectivity index (χ3v) is 3.01. The molecule has 1 aromatic carbocycles. The lowest BCUT2D eigenvalue weighted by Gasteiger charge is -2.07. The van der Waals surface area contributed by atoms with E-state index in [1.165, 1.54) is 17.5 Å². The first-order chi connectivity index (χ1) is 8.13. The lowest BCUT2D eigenvalue weighted by Crippen LogP contribution is -2.17. The Morgan fingerprint density at radius 1 is 1.35 bits per heavy atom. The highest BCUT2D eigenvalue weighted by Gasteiger charge is 2.03. The van der Waals surface area contributed by atoms with Gasteiger partial charge >= 0.3 is 6.09 Å². The largest absolute Gasteiger partial charge is 0.449 e. The minimum absolute atomic E-state index is 0.384. The fourth-order valence-corrected chi connectivity index (χ4v) is 1.78. The van der Waals surface area contributed by atoms with Crippen LogP contribution in [0.25, 0.3) is 0 Å². The van der Waals surface area contributed by atoms with Crippen LogP contribution in [0.4, 0.5) is 4.79 Å². The number of hydrogen-bond donors (Lipinski definition) is 1. The lowest BCUT2D eigenvalue weighted by atomic mass is 10.0. The maximum atomic E-state index is 11.2. The SMILES string of the molecule is CCCOC(=O)NSc1ccc(C(C)C)cc1. The summed E-state index contributed by atoms with van der Waals surface area (Å²) in [6, 6.07) is 8.15. The van der Waals surface area contributed by atoms with Crippen LogP contribution in [0.2, 0.25) is 0 Å². The molecule has 0 spiro atoms. The average molecular weight is 253 g/mol. The third kappa shape index (κ3) is 5.13. The molecule has 0 radical (unpaired) electrons. The molecule has 0 bridgehead atoms. The van der Waals surface area contributed by atoms with E-state index >= 15 is 0 Å². The number of nitrogens with one attached hydrogen (secondary N) is 1. The van der Waals surface area contributed by atoms with Crippen molar-refractivity contribution >= 4 is 18.0 Å². The van der Waals surface area contributed by atoms with Crippen molar-refractivity contribution in [1.82, 2.24) is 4.72 Å². The monoisotopic (exact) mass is 253 g/mol. The normalized spacial score (nSPS) is 10.4. The Morgan fingerprint density at radius 2 is 2.00 bits per heavy atom. The predicted octanol–water partition coefficient (Wildman–Crippen LogP) is 3.95. The highest BCUT2D eigenvalue weighted by Crippen LogP contribution is 2.19. The fraction of sp³-hybridized carbons (Fsp3) is 0.462. The van der Waals surface area contributed by atoms with Gasteiger partial charge in [0.2, 0.25) is 0 Å². The molecule has 0 aliphatic rings. The van der Waals surface area contributed by atoms with Crippen LogP contribution >= 0.6 is 11.9 Å². The van der Waals surface area contributed by atoms with Crippen LogP contribution in [-0.4, -0.2) is 12.7 Å². The summed E-state index contributed by atoms with van der Waals surface area (Å²) in [5.41, 5.74) is 1.29. The van der Waals surface area contributed by atoms with E-state index in [2.05, 4.69) is 30.7 Å². The number of carbonyl (C=O) groups is 1. The second-order valence-electron chi connectivity index (χ2n) is 4.06. The number of hydrogen-bond acceptors (Lipinski definition) is 3. The molecule has 4 heteroatoms. The smallest absolute Gasteiger partial charge is 0.417 e. The van der Waals surface area contributed by atoms with E-state index < -0.39 is 0 Å². The number of amides is 1. The Hall–Kier alpha value is -1.16. The minimum atomic E-state index is -0.384. The Labute approximate surface area is 107 Å². The van der Waals surface area contributed by atoms with Crippen LogP contribution in [-0.2, 0) is 4.74 Å². The summed E-state index contributed by atoms with van der Waals surface area (Å²) >= 11 is 1.27. The highest BCUT2D eigenvalue weighted by molar-refractivity contribution is 7.98. The molecular weight excluding hydrogens is 234 g/mol. The van der Waals surface area contributed by atoms with Crippen LogP contribution in [0.3, 0.4) is 0 Å². The summed E-state index contributed by atoms with van der Waals surface area (Å²) in [6.07, 6.45) is 0.450. The van der Waals surface area contributed by atoms with Gasteiger partial charge in [0.25, 0.3) is 0 Å². The molecule has 17 heavy (non-hydrogen) atoms. The highest BCUT2D eigenvalue weighted by atomic mass is 32.2. The fourth-order valence-electron chi connectivity index (χ4n) is 1.25. The van der Waals surface area contributed by atoms with Gasteiger partial charge in [-0.25, -0.2) is 4.79 Å². The summed E-state index contributed by atoms with van der Waals surface area (Å²) in [5, 5.41) is 0. The Morgan fingerprint density at radius 3 is 2.53 bits per heavy atom. The molecule has 1 amide bonds. The van der Waals surface area contributed by atoms with Crippen LogP contribution in [0.5, 0.6) is 0 Å². The third-order valence-electron chi connectivity index (χ3n) is 2.24. The molecule has 1 aromatic rings. The standard InChI is InChI=1S/C13H19NO2S/c1-4-9-16-13(15)14-17-12-7-5-11(6-8-12)10(2)3/h5-8,10H,4,9H2,1-3H3,(H,14,15). The van der Waals surface area contributed by atoms with Crippen molar-refractivity contribution in [2.45, 2.75) is 38.0 Å². The molecule has 0 atom stereocenters. The van der Waals surface area contributed by atoms with Gasteiger partial charge in [0, 0.05) is 4.90 Å². The molecule has 0 heterocycles. The van der Waals surface area contributed by atoms with E-state index in [4.69, 9.17) is 4.74 Å². The van der Waals surface area contributed by atoms with Crippen LogP contribution in [0, 0.1) is 0 Å². The van der Waals surface area contributed by atoms with Gasteiger partial charge in [0.05, 0.1) is 6.61 Å². The molecule has 0 aliphatic heterocycles. The zero-order valence-corrected chi connectivity index (χ0v) is 11.3. The van der Waals surface area contributed by atoms with E-state index in [9.17, 15) is 4.79 Å². The van der Waals surface area contributed by atoms with Gasteiger partial charge in [-0.05, 0) is 42.0 Å². The first-order valence-corrected chi connectivity index (χ1v) is 6.64. The summed E-state index contributed by atoms with van der Waals surface area (Å²) in [6.45, 7) is 6.73. The predicted molar refractivity (Wildman–Crippen MR) is 71.2 cm³/mol. The first-order valence-electron chi connectivity index (χ1n) is 5.83. The topological polar surface area (TPSA) is 38.3 Å². The van der Waals surface area contributed by atoms with E-state index in [1.54, 1.807) is 0 Å². The summed E-state index contributed by atoms with van der Waals surface area (Å²) in [5.74, 6) is 0.525. The number of ether oxygens (including phenoxy) is 1. The lowest BCUT2D eigenvalue weighted by molar-refractivity contribution is 0.153. The summed E-state index contributed by atoms with van der Waals surface area (Å²) in [4.78, 5) is 12.2. The van der Waals surface area contributed by atoms with Crippen molar-refractivity contribution in [2.75, 3.05) is 6.61 Å². The van der Waals surface area contributed by atoms with Crippen molar-refractivity contribution in [3.63, 3.8) is 0 Å². The summed E-state index contributed by atoms with van der Waals surface area (Å²) in [7, 11) is 0. The Bertz CT molecular complexity index is 349. The molecule has 1 rings (SSSR count). The number of carbonyl (C=O) groups excluding carboxylic acids is 1. The van der Waals surface area contributed by atoms with Crippen LogP contribution < -0.4 is 4.72 Å². The van der Waals surface area contributed by atoms with Gasteiger partial charge in [0.15, 0.2) is 0 Å². The quantitative estimate of drug-likeness (QED) is 0.807. The van der Waals surface area contributed by atoms with E-state index in [1.807, 2.05) is 19.1 Å². The van der Waals surface area contributed by atoms with Crippen molar-refractivity contribution < 1.29 is 9.53 Å². The minimum Gasteiger partial charge on any atom is -0.449 e. The van der Waals surface area contributed by atoms with Crippen molar-refractivity contribution in [3.8, 4) is 0 Å². The first kappa shape index (κ1) is 13.9. The zero-order chi connectivity index (χ0) is 12.7. The second kappa shape index (κ2) is 7.22. The van der Waals surface area contributed by atoms with Gasteiger partial charge in [-0.1, -0.05) is 32.9 Å². The van der Waals surface area contributed by atoms with Crippen molar-refractivity contribution in [3.05, 3.63) is 29.8 Å². The number of rotatable bonds is 5. The molecule has 0 saturated heterocycles. The molecule has 1 N–H and O–H groups in total. The van der Waals surface area contributed by atoms with Gasteiger partial charge in [0.1, 0.15) is 0 Å². The molecular formula is C13H19NO2S. The average Bonchev–Trinajstić information content (AvgIpc) is 2.34. The molecule has 0 fully saturated rings. The molecule has 94 valence electrons.